The SMILES string of the molecule is Cc1nc(C)c(C(=O)N2CCOC(c3nccnc3-c3ccc(C(N)=O)cc3)C2)s1. The van der Waals surface area contributed by atoms with Gasteiger partial charge in [0, 0.05) is 30.1 Å². The number of rotatable bonds is 4. The normalized spacial score (nSPS) is 16.5. The van der Waals surface area contributed by atoms with Gasteiger partial charge in [-0.3, -0.25) is 19.6 Å². The van der Waals surface area contributed by atoms with E-state index in [1.165, 1.54) is 11.3 Å². The monoisotopic (exact) mass is 423 g/mol. The lowest BCUT2D eigenvalue weighted by molar-refractivity contribution is -0.0244. The molecule has 154 valence electrons. The fourth-order valence-corrected chi connectivity index (χ4v) is 4.36. The van der Waals surface area contributed by atoms with E-state index in [0.717, 1.165) is 16.3 Å². The molecule has 1 unspecified atom stereocenters. The van der Waals surface area contributed by atoms with Crippen LogP contribution in [0.2, 0.25) is 0 Å². The van der Waals surface area contributed by atoms with Gasteiger partial charge in [-0.05, 0) is 26.0 Å². The van der Waals surface area contributed by atoms with E-state index in [4.69, 9.17) is 10.5 Å². The van der Waals surface area contributed by atoms with Crippen LogP contribution in [0.15, 0.2) is 36.7 Å². The van der Waals surface area contributed by atoms with Gasteiger partial charge in [-0.15, -0.1) is 11.3 Å². The molecule has 3 heterocycles. The minimum Gasteiger partial charge on any atom is -0.368 e. The lowest BCUT2D eigenvalue weighted by atomic mass is 10.0. The van der Waals surface area contributed by atoms with Crippen molar-refractivity contribution < 1.29 is 14.3 Å². The van der Waals surface area contributed by atoms with Gasteiger partial charge in [0.1, 0.15) is 11.0 Å². The molecule has 4 rings (SSSR count). The first kappa shape index (κ1) is 20.1. The maximum atomic E-state index is 13.0. The number of nitrogens with two attached hydrogens (primary N) is 1. The number of nitrogens with zero attached hydrogens (tertiary/aromatic N) is 4. The fraction of sp³-hybridized carbons (Fsp3) is 0.286. The Morgan fingerprint density at radius 3 is 2.57 bits per heavy atom. The highest BCUT2D eigenvalue weighted by atomic mass is 32.1. The number of hydrogen-bond donors (Lipinski definition) is 1. The highest BCUT2D eigenvalue weighted by Crippen LogP contribution is 2.30. The third-order valence-corrected chi connectivity index (χ3v) is 5.99. The smallest absolute Gasteiger partial charge is 0.266 e. The first-order valence-electron chi connectivity index (χ1n) is 9.50. The zero-order chi connectivity index (χ0) is 21.3. The Balaban J connectivity index is 1.60. The van der Waals surface area contributed by atoms with Crippen molar-refractivity contribution in [3.63, 3.8) is 0 Å². The van der Waals surface area contributed by atoms with E-state index in [2.05, 4.69) is 15.0 Å². The zero-order valence-electron chi connectivity index (χ0n) is 16.7. The molecule has 0 aliphatic carbocycles. The summed E-state index contributed by atoms with van der Waals surface area (Å²) in [6.07, 6.45) is 2.81. The van der Waals surface area contributed by atoms with Crippen molar-refractivity contribution in [1.29, 1.82) is 0 Å². The standard InChI is InChI=1S/C21H21N5O3S/c1-12-19(30-13(2)25-12)21(28)26-9-10-29-16(11-26)18-17(23-7-8-24-18)14-3-5-15(6-4-14)20(22)27/h3-8,16H,9-11H2,1-2H3,(H2,22,27). The second-order valence-corrected chi connectivity index (χ2v) is 8.19. The molecule has 0 bridgehead atoms. The van der Waals surface area contributed by atoms with Gasteiger partial charge >= 0.3 is 0 Å². The van der Waals surface area contributed by atoms with Crippen molar-refractivity contribution in [3.05, 3.63) is 63.5 Å². The molecule has 1 aliphatic rings. The van der Waals surface area contributed by atoms with Crippen LogP contribution < -0.4 is 5.73 Å². The fourth-order valence-electron chi connectivity index (χ4n) is 3.47. The van der Waals surface area contributed by atoms with Crippen molar-refractivity contribution in [1.82, 2.24) is 19.9 Å². The van der Waals surface area contributed by atoms with E-state index in [1.807, 2.05) is 13.8 Å². The van der Waals surface area contributed by atoms with Crippen LogP contribution in [0.25, 0.3) is 11.3 Å². The number of aromatic nitrogens is 3. The molecular formula is C21H21N5O3S. The van der Waals surface area contributed by atoms with Crippen LogP contribution in [0.3, 0.4) is 0 Å². The summed E-state index contributed by atoms with van der Waals surface area (Å²) in [6, 6.07) is 6.87. The summed E-state index contributed by atoms with van der Waals surface area (Å²) in [7, 11) is 0. The number of ether oxygens (including phenoxy) is 1. The molecule has 0 spiro atoms. The zero-order valence-corrected chi connectivity index (χ0v) is 17.5. The minimum absolute atomic E-state index is 0.0392. The van der Waals surface area contributed by atoms with Gasteiger partial charge in [0.2, 0.25) is 5.91 Å². The molecule has 8 nitrogen and oxygen atoms in total. The van der Waals surface area contributed by atoms with Crippen molar-refractivity contribution in [2.45, 2.75) is 20.0 Å². The number of thiazole rings is 1. The molecule has 3 aromatic rings. The molecule has 0 radical (unpaired) electrons. The van der Waals surface area contributed by atoms with E-state index in [1.54, 1.807) is 41.6 Å². The van der Waals surface area contributed by atoms with Crippen LogP contribution in [-0.4, -0.2) is 51.4 Å². The summed E-state index contributed by atoms with van der Waals surface area (Å²) in [5.74, 6) is -0.526. The molecule has 1 aliphatic heterocycles. The molecule has 2 amide bonds. The Bertz CT molecular complexity index is 1100. The summed E-state index contributed by atoms with van der Waals surface area (Å²) in [5.41, 5.74) is 8.59. The molecule has 1 aromatic carbocycles. The topological polar surface area (TPSA) is 111 Å². The molecule has 0 saturated carbocycles. The molecule has 2 aromatic heterocycles. The van der Waals surface area contributed by atoms with Gasteiger partial charge in [0.15, 0.2) is 0 Å². The van der Waals surface area contributed by atoms with E-state index >= 15 is 0 Å². The highest BCUT2D eigenvalue weighted by molar-refractivity contribution is 7.13. The molecule has 1 atom stereocenters. The number of carbonyl (C=O) groups excluding carboxylic acids is 2. The average molecular weight is 423 g/mol. The largest absolute Gasteiger partial charge is 0.368 e. The third-order valence-electron chi connectivity index (χ3n) is 4.93. The number of amides is 2. The van der Waals surface area contributed by atoms with Crippen molar-refractivity contribution in [3.8, 4) is 11.3 Å². The number of aryl methyl sites for hydroxylation is 2. The molecule has 2 N–H and O–H groups in total. The molecule has 1 fully saturated rings. The van der Waals surface area contributed by atoms with Crippen LogP contribution in [0.1, 0.15) is 42.5 Å². The van der Waals surface area contributed by atoms with Crippen LogP contribution in [0.5, 0.6) is 0 Å². The van der Waals surface area contributed by atoms with Gasteiger partial charge in [0.25, 0.3) is 5.91 Å². The second kappa shape index (κ2) is 8.29. The van der Waals surface area contributed by atoms with Crippen LogP contribution in [-0.2, 0) is 4.74 Å². The molecule has 9 heteroatoms. The number of carbonyl (C=O) groups is 2. The van der Waals surface area contributed by atoms with E-state index in [9.17, 15) is 9.59 Å². The third kappa shape index (κ3) is 3.94. The summed E-state index contributed by atoms with van der Waals surface area (Å²) in [4.78, 5) is 40.1. The Morgan fingerprint density at radius 1 is 1.17 bits per heavy atom. The lowest BCUT2D eigenvalue weighted by Gasteiger charge is -2.33. The summed E-state index contributed by atoms with van der Waals surface area (Å²) in [6.45, 7) is 5.04. The van der Waals surface area contributed by atoms with Crippen molar-refractivity contribution in [2.24, 2.45) is 5.73 Å². The predicted octanol–water partition coefficient (Wildman–Crippen LogP) is 2.53. The maximum Gasteiger partial charge on any atom is 0.266 e. The van der Waals surface area contributed by atoms with Crippen molar-refractivity contribution in [2.75, 3.05) is 19.7 Å². The maximum absolute atomic E-state index is 13.0. The second-order valence-electron chi connectivity index (χ2n) is 6.99. The number of benzene rings is 1. The summed E-state index contributed by atoms with van der Waals surface area (Å²) in [5, 5.41) is 0.872. The van der Waals surface area contributed by atoms with Gasteiger partial charge < -0.3 is 15.4 Å². The van der Waals surface area contributed by atoms with E-state index in [-0.39, 0.29) is 5.91 Å². The lowest BCUT2D eigenvalue weighted by Crippen LogP contribution is -2.42. The Hall–Kier alpha value is -3.17. The van der Waals surface area contributed by atoms with E-state index < -0.39 is 12.0 Å². The Labute approximate surface area is 177 Å². The van der Waals surface area contributed by atoms with Crippen LogP contribution in [0, 0.1) is 13.8 Å². The van der Waals surface area contributed by atoms with Crippen LogP contribution in [0.4, 0.5) is 0 Å². The number of hydrogen-bond acceptors (Lipinski definition) is 7. The van der Waals surface area contributed by atoms with Gasteiger partial charge in [0.05, 0.1) is 35.2 Å². The predicted molar refractivity (Wildman–Crippen MR) is 112 cm³/mol. The van der Waals surface area contributed by atoms with Gasteiger partial charge in [-0.2, -0.15) is 0 Å². The first-order chi connectivity index (χ1) is 14.4. The Kier molecular flexibility index (Phi) is 5.56. The number of primary amides is 1. The Morgan fingerprint density at radius 2 is 1.90 bits per heavy atom. The molecule has 1 saturated heterocycles. The average Bonchev–Trinajstić information content (AvgIpc) is 3.11. The highest BCUT2D eigenvalue weighted by Gasteiger charge is 2.30. The van der Waals surface area contributed by atoms with Gasteiger partial charge in [-0.1, -0.05) is 12.1 Å². The van der Waals surface area contributed by atoms with Gasteiger partial charge in [-0.25, -0.2) is 4.98 Å². The molecular weight excluding hydrogens is 402 g/mol. The van der Waals surface area contributed by atoms with Crippen LogP contribution >= 0.6 is 11.3 Å². The first-order valence-corrected chi connectivity index (χ1v) is 10.3. The quantitative estimate of drug-likeness (QED) is 0.690. The van der Waals surface area contributed by atoms with Crippen molar-refractivity contribution >= 4 is 23.2 Å². The minimum atomic E-state index is -0.487. The summed E-state index contributed by atoms with van der Waals surface area (Å²) >= 11 is 1.41. The molecule has 30 heavy (non-hydrogen) atoms. The number of morpholine rings is 1. The van der Waals surface area contributed by atoms with E-state index in [0.29, 0.717) is 41.5 Å². The summed E-state index contributed by atoms with van der Waals surface area (Å²) < 4.78 is 5.96.